The van der Waals surface area contributed by atoms with E-state index < -0.39 is 5.97 Å². The summed E-state index contributed by atoms with van der Waals surface area (Å²) in [5.41, 5.74) is 1.03. The van der Waals surface area contributed by atoms with Gasteiger partial charge in [-0.3, -0.25) is 19.6 Å². The fourth-order valence-electron chi connectivity index (χ4n) is 2.41. The maximum absolute atomic E-state index is 10.7. The fraction of sp³-hybridized carbons (Fsp3) is 0.571. The van der Waals surface area contributed by atoms with Gasteiger partial charge in [-0.05, 0) is 35.1 Å². The van der Waals surface area contributed by atoms with Gasteiger partial charge >= 0.3 is 5.97 Å². The van der Waals surface area contributed by atoms with Gasteiger partial charge in [0.05, 0.1) is 24.9 Å². The number of carbonyl (C=O) groups is 1. The summed E-state index contributed by atoms with van der Waals surface area (Å²) in [6, 6.07) is 3.99. The number of halogens is 1. The number of nitrogens with zero attached hydrogens (tertiary/aromatic N) is 3. The molecule has 1 aromatic rings. The number of ether oxygens (including phenoxy) is 1. The molecular formula is C14H20BrN3O3. The van der Waals surface area contributed by atoms with Crippen LogP contribution < -0.4 is 0 Å². The minimum atomic E-state index is -0.816. The summed E-state index contributed by atoms with van der Waals surface area (Å²) >= 11 is 3.38. The lowest BCUT2D eigenvalue weighted by Gasteiger charge is -2.34. The van der Waals surface area contributed by atoms with E-state index in [-0.39, 0.29) is 12.6 Å². The molecule has 1 unspecified atom stereocenters. The molecule has 0 bridgehead atoms. The van der Waals surface area contributed by atoms with Crippen LogP contribution in [0.25, 0.3) is 0 Å². The zero-order valence-electron chi connectivity index (χ0n) is 12.0. The van der Waals surface area contributed by atoms with Crippen LogP contribution in [0, 0.1) is 0 Å². The number of carboxylic acids is 1. The third-order valence-corrected chi connectivity index (χ3v) is 3.79. The van der Waals surface area contributed by atoms with Gasteiger partial charge in [-0.2, -0.15) is 0 Å². The Morgan fingerprint density at radius 1 is 1.62 bits per heavy atom. The van der Waals surface area contributed by atoms with Crippen LogP contribution in [0.15, 0.2) is 22.8 Å². The van der Waals surface area contributed by atoms with E-state index in [1.165, 1.54) is 0 Å². The highest BCUT2D eigenvalue weighted by molar-refractivity contribution is 9.10. The lowest BCUT2D eigenvalue weighted by molar-refractivity contribution is -0.138. The molecule has 2 rings (SSSR count). The van der Waals surface area contributed by atoms with Gasteiger partial charge in [-0.15, -0.1) is 0 Å². The monoisotopic (exact) mass is 357 g/mol. The van der Waals surface area contributed by atoms with Crippen LogP contribution in [0.5, 0.6) is 0 Å². The van der Waals surface area contributed by atoms with Crippen molar-refractivity contribution in [2.75, 3.05) is 39.8 Å². The van der Waals surface area contributed by atoms with E-state index in [4.69, 9.17) is 9.84 Å². The summed E-state index contributed by atoms with van der Waals surface area (Å²) in [4.78, 5) is 19.1. The molecule has 116 valence electrons. The molecule has 6 nitrogen and oxygen atoms in total. The average molecular weight is 358 g/mol. The molecule has 0 aromatic carbocycles. The minimum absolute atomic E-state index is 0.0358. The molecular weight excluding hydrogens is 338 g/mol. The Morgan fingerprint density at radius 2 is 2.43 bits per heavy atom. The maximum atomic E-state index is 10.7. The number of hydrogen-bond donors (Lipinski definition) is 1. The molecule has 0 spiro atoms. The van der Waals surface area contributed by atoms with Crippen molar-refractivity contribution in [2.24, 2.45) is 0 Å². The van der Waals surface area contributed by atoms with Crippen LogP contribution in [-0.2, 0) is 16.1 Å². The van der Waals surface area contributed by atoms with Crippen LogP contribution in [-0.4, -0.2) is 71.8 Å². The number of hydrogen-bond acceptors (Lipinski definition) is 5. The number of likely N-dealkylation sites (N-methyl/N-ethyl adjacent to an activating group) is 1. The van der Waals surface area contributed by atoms with E-state index in [1.807, 2.05) is 12.1 Å². The highest BCUT2D eigenvalue weighted by Gasteiger charge is 2.22. The molecule has 0 radical (unpaired) electrons. The first-order chi connectivity index (χ1) is 10.0. The molecule has 1 saturated heterocycles. The van der Waals surface area contributed by atoms with Crippen LogP contribution in [0.1, 0.15) is 5.69 Å². The summed E-state index contributed by atoms with van der Waals surface area (Å²) in [5, 5.41) is 8.78. The predicted octanol–water partition coefficient (Wildman–Crippen LogP) is 1.06. The molecule has 1 fully saturated rings. The lowest BCUT2D eigenvalue weighted by atomic mass is 10.2. The van der Waals surface area contributed by atoms with E-state index in [0.717, 1.165) is 29.8 Å². The van der Waals surface area contributed by atoms with Gasteiger partial charge in [0.1, 0.15) is 0 Å². The highest BCUT2D eigenvalue weighted by Crippen LogP contribution is 2.12. The Hall–Kier alpha value is -1.02. The van der Waals surface area contributed by atoms with Gasteiger partial charge in [0.2, 0.25) is 0 Å². The van der Waals surface area contributed by atoms with Crippen molar-refractivity contribution in [2.45, 2.75) is 12.6 Å². The van der Waals surface area contributed by atoms with Crippen molar-refractivity contribution in [1.82, 2.24) is 14.8 Å². The zero-order valence-corrected chi connectivity index (χ0v) is 13.6. The second-order valence-corrected chi connectivity index (χ2v) is 6.20. The highest BCUT2D eigenvalue weighted by atomic mass is 79.9. The molecule has 1 aliphatic heterocycles. The number of morpholine rings is 1. The first kappa shape index (κ1) is 16.4. The lowest BCUT2D eigenvalue weighted by Crippen LogP contribution is -2.47. The van der Waals surface area contributed by atoms with Gasteiger partial charge in [-0.25, -0.2) is 0 Å². The Kier molecular flexibility index (Phi) is 6.10. The van der Waals surface area contributed by atoms with E-state index in [0.29, 0.717) is 13.2 Å². The summed E-state index contributed by atoms with van der Waals surface area (Å²) in [5.74, 6) is -0.816. The molecule has 1 aromatic heterocycles. The van der Waals surface area contributed by atoms with Crippen LogP contribution in [0.4, 0.5) is 0 Å². The van der Waals surface area contributed by atoms with E-state index in [2.05, 4.69) is 25.8 Å². The van der Waals surface area contributed by atoms with E-state index >= 15 is 0 Å². The third kappa shape index (κ3) is 5.70. The maximum Gasteiger partial charge on any atom is 0.317 e. The quantitative estimate of drug-likeness (QED) is 0.821. The normalized spacial score (nSPS) is 19.9. The van der Waals surface area contributed by atoms with Crippen molar-refractivity contribution < 1.29 is 14.6 Å². The van der Waals surface area contributed by atoms with Crippen molar-refractivity contribution in [3.63, 3.8) is 0 Å². The van der Waals surface area contributed by atoms with Crippen molar-refractivity contribution in [3.8, 4) is 0 Å². The molecule has 21 heavy (non-hydrogen) atoms. The molecule has 1 N–H and O–H groups in total. The fourth-order valence-corrected chi connectivity index (χ4v) is 2.64. The van der Waals surface area contributed by atoms with Crippen LogP contribution in [0.2, 0.25) is 0 Å². The van der Waals surface area contributed by atoms with Gasteiger partial charge in [0, 0.05) is 36.8 Å². The minimum Gasteiger partial charge on any atom is -0.480 e. The molecule has 0 amide bonds. The first-order valence-electron chi connectivity index (χ1n) is 6.87. The Labute approximate surface area is 132 Å². The first-order valence-corrected chi connectivity index (χ1v) is 7.67. The Bertz CT molecular complexity index is 469. The number of aliphatic carboxylic acids is 1. The van der Waals surface area contributed by atoms with Gasteiger partial charge in [0.15, 0.2) is 0 Å². The van der Waals surface area contributed by atoms with Gasteiger partial charge in [0.25, 0.3) is 0 Å². The summed E-state index contributed by atoms with van der Waals surface area (Å²) in [7, 11) is 1.80. The zero-order chi connectivity index (χ0) is 15.2. The number of aromatic nitrogens is 1. The number of carboxylic acid groups (broad SMARTS) is 1. The molecule has 1 aliphatic rings. The third-order valence-electron chi connectivity index (χ3n) is 3.32. The second kappa shape index (κ2) is 7.84. The Morgan fingerprint density at radius 3 is 3.10 bits per heavy atom. The molecule has 1 atom stereocenters. The molecule has 7 heteroatoms. The standard InChI is InChI=1S/C14H20BrN3O3/c1-17(10-14(19)20)8-13-9-18(4-5-21-13)7-12-3-2-11(15)6-16-12/h2-3,6,13H,4-5,7-10H2,1H3,(H,19,20). The predicted molar refractivity (Wildman–Crippen MR) is 82.1 cm³/mol. The SMILES string of the molecule is CN(CC(=O)O)CC1CN(Cc2ccc(Br)cn2)CCO1. The largest absolute Gasteiger partial charge is 0.480 e. The van der Waals surface area contributed by atoms with Crippen LogP contribution in [0.3, 0.4) is 0 Å². The van der Waals surface area contributed by atoms with E-state index in [9.17, 15) is 4.79 Å². The van der Waals surface area contributed by atoms with Gasteiger partial charge < -0.3 is 9.84 Å². The molecule has 0 aliphatic carbocycles. The van der Waals surface area contributed by atoms with Gasteiger partial charge in [-0.1, -0.05) is 0 Å². The average Bonchev–Trinajstić information content (AvgIpc) is 2.41. The topological polar surface area (TPSA) is 65.9 Å². The van der Waals surface area contributed by atoms with Crippen molar-refractivity contribution in [3.05, 3.63) is 28.5 Å². The summed E-state index contributed by atoms with van der Waals surface area (Å²) in [6.07, 6.45) is 1.84. The number of rotatable bonds is 6. The molecule has 0 saturated carbocycles. The Balaban J connectivity index is 1.82. The van der Waals surface area contributed by atoms with Crippen molar-refractivity contribution in [1.29, 1.82) is 0 Å². The van der Waals surface area contributed by atoms with E-state index in [1.54, 1.807) is 18.1 Å². The summed E-state index contributed by atoms with van der Waals surface area (Å²) < 4.78 is 6.69. The molecule has 2 heterocycles. The smallest absolute Gasteiger partial charge is 0.317 e. The van der Waals surface area contributed by atoms with Crippen LogP contribution >= 0.6 is 15.9 Å². The van der Waals surface area contributed by atoms with Crippen molar-refractivity contribution >= 4 is 21.9 Å². The number of pyridine rings is 1. The second-order valence-electron chi connectivity index (χ2n) is 5.29. The summed E-state index contributed by atoms with van der Waals surface area (Å²) in [6.45, 7) is 3.78.